The Morgan fingerprint density at radius 3 is 2.52 bits per heavy atom. The van der Waals surface area contributed by atoms with Crippen molar-refractivity contribution in [2.24, 2.45) is 4.99 Å². The summed E-state index contributed by atoms with van der Waals surface area (Å²) in [4.78, 5) is 29.6. The first kappa shape index (κ1) is 18.8. The Morgan fingerprint density at radius 2 is 1.96 bits per heavy atom. The molecular weight excluding hydrogens is 318 g/mol. The normalized spacial score (nSPS) is 15.6. The highest BCUT2D eigenvalue weighted by Crippen LogP contribution is 2.09. The predicted molar refractivity (Wildman–Crippen MR) is 98.4 cm³/mol. The number of nitrogens with zero attached hydrogens (tertiary/aromatic N) is 2. The minimum absolute atomic E-state index is 0.0706. The summed E-state index contributed by atoms with van der Waals surface area (Å²) in [5.74, 6) is 0.504. The molecular formula is C18H27N5O2. The van der Waals surface area contributed by atoms with E-state index in [1.54, 1.807) is 24.1 Å². The van der Waals surface area contributed by atoms with Gasteiger partial charge in [0.1, 0.15) is 0 Å². The number of aliphatic imine (C=N–C) groups is 1. The summed E-state index contributed by atoms with van der Waals surface area (Å²) < 4.78 is 0. The first-order valence-corrected chi connectivity index (χ1v) is 8.42. The lowest BCUT2D eigenvalue weighted by atomic mass is 10.1. The standard InChI is InChI=1S/C18H27N5O2/c1-18(2,3)22-17(19-4)21-11-13-5-7-14(8-6-13)16(25)23-10-9-20-15(24)12-23/h5-8H,9-12H2,1-4H3,(H,20,24)(H2,19,21,22). The van der Waals surface area contributed by atoms with Crippen LogP contribution in [-0.2, 0) is 11.3 Å². The summed E-state index contributed by atoms with van der Waals surface area (Å²) in [5, 5.41) is 9.26. The highest BCUT2D eigenvalue weighted by Gasteiger charge is 2.22. The third-order valence-corrected chi connectivity index (χ3v) is 3.70. The Morgan fingerprint density at radius 1 is 1.28 bits per heavy atom. The summed E-state index contributed by atoms with van der Waals surface area (Å²) in [6, 6.07) is 7.42. The number of piperazine rings is 1. The lowest BCUT2D eigenvalue weighted by molar-refractivity contribution is -0.123. The number of guanidine groups is 1. The molecule has 0 bridgehead atoms. The maximum atomic E-state index is 12.4. The van der Waals surface area contributed by atoms with Gasteiger partial charge in [0.05, 0.1) is 6.54 Å². The third kappa shape index (κ3) is 5.77. The molecule has 0 aromatic heterocycles. The summed E-state index contributed by atoms with van der Waals surface area (Å²) in [6.45, 7) is 7.99. The average Bonchev–Trinajstić information content (AvgIpc) is 2.57. The van der Waals surface area contributed by atoms with Gasteiger partial charge in [0.15, 0.2) is 5.96 Å². The van der Waals surface area contributed by atoms with E-state index in [0.717, 1.165) is 11.5 Å². The third-order valence-electron chi connectivity index (χ3n) is 3.70. The number of hydrogen-bond acceptors (Lipinski definition) is 3. The van der Waals surface area contributed by atoms with Gasteiger partial charge in [0, 0.05) is 37.8 Å². The minimum atomic E-state index is -0.113. The molecule has 1 heterocycles. The molecule has 0 radical (unpaired) electrons. The fourth-order valence-corrected chi connectivity index (χ4v) is 2.48. The van der Waals surface area contributed by atoms with Gasteiger partial charge in [-0.1, -0.05) is 12.1 Å². The Hall–Kier alpha value is -2.57. The fourth-order valence-electron chi connectivity index (χ4n) is 2.48. The summed E-state index contributed by atoms with van der Waals surface area (Å²) >= 11 is 0. The molecule has 0 atom stereocenters. The first-order chi connectivity index (χ1) is 11.8. The Labute approximate surface area is 148 Å². The van der Waals surface area contributed by atoms with E-state index in [-0.39, 0.29) is 23.9 Å². The number of carbonyl (C=O) groups is 2. The SMILES string of the molecule is CN=C(NCc1ccc(C(=O)N2CCNC(=O)C2)cc1)NC(C)(C)C. The van der Waals surface area contributed by atoms with Crippen molar-refractivity contribution >= 4 is 17.8 Å². The van der Waals surface area contributed by atoms with Crippen molar-refractivity contribution in [3.05, 3.63) is 35.4 Å². The smallest absolute Gasteiger partial charge is 0.254 e. The molecule has 0 spiro atoms. The van der Waals surface area contributed by atoms with Gasteiger partial charge >= 0.3 is 0 Å². The van der Waals surface area contributed by atoms with Crippen molar-refractivity contribution in [1.29, 1.82) is 0 Å². The van der Waals surface area contributed by atoms with Gasteiger partial charge in [-0.3, -0.25) is 14.6 Å². The van der Waals surface area contributed by atoms with E-state index in [2.05, 4.69) is 41.7 Å². The van der Waals surface area contributed by atoms with Crippen LogP contribution in [0.2, 0.25) is 0 Å². The zero-order valence-corrected chi connectivity index (χ0v) is 15.3. The molecule has 1 fully saturated rings. The van der Waals surface area contributed by atoms with Crippen LogP contribution in [-0.4, -0.2) is 54.9 Å². The van der Waals surface area contributed by atoms with Crippen LogP contribution in [0.25, 0.3) is 0 Å². The zero-order chi connectivity index (χ0) is 18.4. The Kier molecular flexibility index (Phi) is 6.01. The Bertz CT molecular complexity index is 646. The highest BCUT2D eigenvalue weighted by atomic mass is 16.2. The van der Waals surface area contributed by atoms with E-state index in [1.165, 1.54) is 0 Å². The molecule has 0 aliphatic carbocycles. The number of carbonyl (C=O) groups excluding carboxylic acids is 2. The second kappa shape index (κ2) is 8.00. The number of hydrogen-bond donors (Lipinski definition) is 3. The summed E-state index contributed by atoms with van der Waals surface area (Å²) in [6.07, 6.45) is 0. The molecule has 1 aromatic carbocycles. The quantitative estimate of drug-likeness (QED) is 0.557. The monoisotopic (exact) mass is 345 g/mol. The van der Waals surface area contributed by atoms with E-state index in [0.29, 0.717) is 25.2 Å². The lowest BCUT2D eigenvalue weighted by Gasteiger charge is -2.26. The number of amides is 2. The fraction of sp³-hybridized carbons (Fsp3) is 0.500. The lowest BCUT2D eigenvalue weighted by Crippen LogP contribution is -2.49. The van der Waals surface area contributed by atoms with Crippen molar-refractivity contribution in [3.63, 3.8) is 0 Å². The van der Waals surface area contributed by atoms with Gasteiger partial charge in [-0.15, -0.1) is 0 Å². The van der Waals surface area contributed by atoms with Crippen LogP contribution in [0, 0.1) is 0 Å². The maximum absolute atomic E-state index is 12.4. The molecule has 0 unspecified atom stereocenters. The number of benzene rings is 1. The van der Waals surface area contributed by atoms with E-state index < -0.39 is 0 Å². The van der Waals surface area contributed by atoms with Crippen LogP contribution >= 0.6 is 0 Å². The van der Waals surface area contributed by atoms with Crippen molar-refractivity contribution in [2.45, 2.75) is 32.9 Å². The van der Waals surface area contributed by atoms with E-state index in [1.807, 2.05) is 12.1 Å². The number of rotatable bonds is 3. The Balaban J connectivity index is 1.93. The van der Waals surface area contributed by atoms with Gasteiger partial charge in [-0.25, -0.2) is 0 Å². The molecule has 3 N–H and O–H groups in total. The molecule has 136 valence electrons. The zero-order valence-electron chi connectivity index (χ0n) is 15.3. The maximum Gasteiger partial charge on any atom is 0.254 e. The summed E-state index contributed by atoms with van der Waals surface area (Å²) in [7, 11) is 1.73. The van der Waals surface area contributed by atoms with Crippen molar-refractivity contribution < 1.29 is 9.59 Å². The molecule has 1 aromatic rings. The van der Waals surface area contributed by atoms with Gasteiger partial charge < -0.3 is 20.9 Å². The van der Waals surface area contributed by atoms with E-state index >= 15 is 0 Å². The van der Waals surface area contributed by atoms with Crippen LogP contribution < -0.4 is 16.0 Å². The molecule has 2 rings (SSSR count). The molecule has 25 heavy (non-hydrogen) atoms. The van der Waals surface area contributed by atoms with E-state index in [4.69, 9.17) is 0 Å². The predicted octanol–water partition coefficient (Wildman–Crippen LogP) is 0.722. The second-order valence-electron chi connectivity index (χ2n) is 7.07. The van der Waals surface area contributed by atoms with Crippen LogP contribution in [0.3, 0.4) is 0 Å². The molecule has 7 heteroatoms. The second-order valence-corrected chi connectivity index (χ2v) is 7.07. The molecule has 1 aliphatic rings. The average molecular weight is 345 g/mol. The first-order valence-electron chi connectivity index (χ1n) is 8.42. The number of nitrogens with one attached hydrogen (secondary N) is 3. The van der Waals surface area contributed by atoms with Gasteiger partial charge in [-0.2, -0.15) is 0 Å². The summed E-state index contributed by atoms with van der Waals surface area (Å²) in [5.41, 5.74) is 1.57. The molecule has 1 saturated heterocycles. The van der Waals surface area contributed by atoms with Crippen molar-refractivity contribution in [2.75, 3.05) is 26.7 Å². The molecule has 1 aliphatic heterocycles. The molecule has 2 amide bonds. The minimum Gasteiger partial charge on any atom is -0.353 e. The van der Waals surface area contributed by atoms with Crippen molar-refractivity contribution in [3.8, 4) is 0 Å². The van der Waals surface area contributed by atoms with Crippen LogP contribution in [0.1, 0.15) is 36.7 Å². The van der Waals surface area contributed by atoms with Crippen molar-refractivity contribution in [1.82, 2.24) is 20.9 Å². The topological polar surface area (TPSA) is 85.8 Å². The van der Waals surface area contributed by atoms with Gasteiger partial charge in [0.2, 0.25) is 5.91 Å². The van der Waals surface area contributed by atoms with Gasteiger partial charge in [0.25, 0.3) is 5.91 Å². The molecule has 0 saturated carbocycles. The highest BCUT2D eigenvalue weighted by molar-refractivity contribution is 5.97. The van der Waals surface area contributed by atoms with Crippen LogP contribution in [0.5, 0.6) is 0 Å². The van der Waals surface area contributed by atoms with E-state index in [9.17, 15) is 9.59 Å². The van der Waals surface area contributed by atoms with Crippen LogP contribution in [0.15, 0.2) is 29.3 Å². The van der Waals surface area contributed by atoms with Gasteiger partial charge in [-0.05, 0) is 38.5 Å². The molecule has 7 nitrogen and oxygen atoms in total. The largest absolute Gasteiger partial charge is 0.353 e. The van der Waals surface area contributed by atoms with Crippen LogP contribution in [0.4, 0.5) is 0 Å².